The van der Waals surface area contributed by atoms with Crippen LogP contribution in [0.15, 0.2) is 57.9 Å². The van der Waals surface area contributed by atoms with Gasteiger partial charge in [0.05, 0.1) is 5.56 Å². The lowest BCUT2D eigenvalue weighted by Gasteiger charge is -2.38. The molecule has 0 bridgehead atoms. The minimum Gasteiger partial charge on any atom is -0.381 e. The lowest BCUT2D eigenvalue weighted by atomic mass is 9.74. The van der Waals surface area contributed by atoms with Crippen molar-refractivity contribution < 1.29 is 22.7 Å². The molecule has 8 heteroatoms. The summed E-state index contributed by atoms with van der Waals surface area (Å²) in [6, 6.07) is 13.7. The third-order valence-electron chi connectivity index (χ3n) is 4.83. The van der Waals surface area contributed by atoms with E-state index < -0.39 is 11.4 Å². The summed E-state index contributed by atoms with van der Waals surface area (Å²) in [6.45, 7) is 1.47. The maximum absolute atomic E-state index is 12.8. The predicted octanol–water partition coefficient (Wildman–Crippen LogP) is 5.54. The number of nitrogens with one attached hydrogen (secondary N) is 1. The molecule has 1 heterocycles. The smallest absolute Gasteiger partial charge is 0.381 e. The SMILES string of the molecule is O=C(NCC1(c2cccc(Br)c2)CCOCC1)c1ccccc1SC(F)(F)F. The average Bonchev–Trinajstić information content (AvgIpc) is 2.66. The first kappa shape index (κ1) is 21.2. The average molecular weight is 474 g/mol. The van der Waals surface area contributed by atoms with Gasteiger partial charge < -0.3 is 10.1 Å². The summed E-state index contributed by atoms with van der Waals surface area (Å²) in [6.07, 6.45) is 1.45. The minimum atomic E-state index is -4.45. The molecule has 2 aromatic rings. The summed E-state index contributed by atoms with van der Waals surface area (Å²) in [5.41, 5.74) is -3.66. The van der Waals surface area contributed by atoms with Crippen LogP contribution in [0.25, 0.3) is 0 Å². The molecular formula is C20H19BrF3NO2S. The molecule has 2 aromatic carbocycles. The van der Waals surface area contributed by atoms with Gasteiger partial charge >= 0.3 is 5.51 Å². The first-order valence-corrected chi connectivity index (χ1v) is 10.4. The molecule has 0 atom stereocenters. The molecule has 1 amide bonds. The van der Waals surface area contributed by atoms with E-state index in [-0.39, 0.29) is 27.6 Å². The molecule has 1 saturated heterocycles. The molecule has 0 unspecified atom stereocenters. The number of rotatable bonds is 5. The highest BCUT2D eigenvalue weighted by atomic mass is 79.9. The van der Waals surface area contributed by atoms with E-state index in [2.05, 4.69) is 21.2 Å². The van der Waals surface area contributed by atoms with E-state index in [9.17, 15) is 18.0 Å². The summed E-state index contributed by atoms with van der Waals surface area (Å²) in [4.78, 5) is 12.6. The Kier molecular flexibility index (Phi) is 6.73. The van der Waals surface area contributed by atoms with Crippen molar-refractivity contribution in [2.45, 2.75) is 28.7 Å². The second-order valence-electron chi connectivity index (χ2n) is 6.63. The molecule has 1 fully saturated rings. The molecule has 0 saturated carbocycles. The number of thioether (sulfide) groups is 1. The Balaban J connectivity index is 1.80. The number of hydrogen-bond donors (Lipinski definition) is 1. The standard InChI is InChI=1S/C20H19BrF3NO2S/c21-15-5-3-4-14(12-15)19(8-10-27-11-9-19)13-25-18(26)16-6-1-2-7-17(16)28-20(22,23)24/h1-7,12H,8-11,13H2,(H,25,26). The van der Waals surface area contributed by atoms with Crippen LogP contribution in [-0.2, 0) is 10.2 Å². The number of amides is 1. The van der Waals surface area contributed by atoms with Crippen LogP contribution in [0.3, 0.4) is 0 Å². The Hall–Kier alpha value is -1.51. The van der Waals surface area contributed by atoms with Crippen LogP contribution in [0.4, 0.5) is 13.2 Å². The van der Waals surface area contributed by atoms with Crippen LogP contribution in [0.2, 0.25) is 0 Å². The topological polar surface area (TPSA) is 38.3 Å². The van der Waals surface area contributed by atoms with Crippen molar-refractivity contribution >= 4 is 33.6 Å². The van der Waals surface area contributed by atoms with Crippen molar-refractivity contribution in [3.8, 4) is 0 Å². The second kappa shape index (κ2) is 8.88. The molecule has 28 heavy (non-hydrogen) atoms. The Morgan fingerprint density at radius 1 is 1.14 bits per heavy atom. The number of hydrogen-bond acceptors (Lipinski definition) is 3. The van der Waals surface area contributed by atoms with Crippen LogP contribution < -0.4 is 5.32 Å². The van der Waals surface area contributed by atoms with Crippen LogP contribution in [-0.4, -0.2) is 31.2 Å². The zero-order valence-corrected chi connectivity index (χ0v) is 17.3. The number of carbonyl (C=O) groups excluding carboxylic acids is 1. The van der Waals surface area contributed by atoms with Gasteiger partial charge in [0.2, 0.25) is 0 Å². The van der Waals surface area contributed by atoms with Crippen LogP contribution in [0.5, 0.6) is 0 Å². The Bertz CT molecular complexity index is 838. The number of alkyl halides is 3. The lowest BCUT2D eigenvalue weighted by Crippen LogP contribution is -2.44. The van der Waals surface area contributed by atoms with Gasteiger partial charge in [0.25, 0.3) is 5.91 Å². The van der Waals surface area contributed by atoms with Gasteiger partial charge in [-0.15, -0.1) is 0 Å². The first-order valence-electron chi connectivity index (χ1n) is 8.76. The van der Waals surface area contributed by atoms with Crippen molar-refractivity contribution in [1.29, 1.82) is 0 Å². The molecule has 1 aliphatic rings. The molecule has 0 aromatic heterocycles. The van der Waals surface area contributed by atoms with Gasteiger partial charge in [-0.1, -0.05) is 40.2 Å². The van der Waals surface area contributed by atoms with Gasteiger partial charge in [0.15, 0.2) is 0 Å². The molecule has 3 nitrogen and oxygen atoms in total. The van der Waals surface area contributed by atoms with Crippen molar-refractivity contribution in [1.82, 2.24) is 5.32 Å². The van der Waals surface area contributed by atoms with E-state index in [4.69, 9.17) is 4.74 Å². The van der Waals surface area contributed by atoms with E-state index >= 15 is 0 Å². The zero-order chi connectivity index (χ0) is 20.2. The van der Waals surface area contributed by atoms with E-state index in [1.165, 1.54) is 18.2 Å². The van der Waals surface area contributed by atoms with Gasteiger partial charge in [0.1, 0.15) is 0 Å². The Labute approximate surface area is 174 Å². The van der Waals surface area contributed by atoms with E-state index in [0.717, 1.165) is 22.9 Å². The Morgan fingerprint density at radius 3 is 2.54 bits per heavy atom. The van der Waals surface area contributed by atoms with Crippen LogP contribution >= 0.6 is 27.7 Å². The summed E-state index contributed by atoms with van der Waals surface area (Å²) in [5.74, 6) is -0.506. The quantitative estimate of drug-likeness (QED) is 0.579. The molecule has 0 radical (unpaired) electrons. The van der Waals surface area contributed by atoms with Gasteiger partial charge in [-0.05, 0) is 54.4 Å². The molecule has 0 spiro atoms. The molecule has 1 N–H and O–H groups in total. The highest BCUT2D eigenvalue weighted by Gasteiger charge is 2.36. The van der Waals surface area contributed by atoms with Crippen molar-refractivity contribution in [2.24, 2.45) is 0 Å². The van der Waals surface area contributed by atoms with Crippen LogP contribution in [0, 0.1) is 0 Å². The second-order valence-corrected chi connectivity index (χ2v) is 8.65. The number of ether oxygens (including phenoxy) is 1. The summed E-state index contributed by atoms with van der Waals surface area (Å²) in [7, 11) is 0. The maximum atomic E-state index is 12.8. The maximum Gasteiger partial charge on any atom is 0.446 e. The molecule has 0 aliphatic carbocycles. The number of carbonyl (C=O) groups is 1. The van der Waals surface area contributed by atoms with Crippen molar-refractivity contribution in [2.75, 3.05) is 19.8 Å². The third kappa shape index (κ3) is 5.30. The van der Waals surface area contributed by atoms with E-state index in [1.54, 1.807) is 6.07 Å². The third-order valence-corrected chi connectivity index (χ3v) is 6.13. The van der Waals surface area contributed by atoms with Crippen molar-refractivity contribution in [3.63, 3.8) is 0 Å². The van der Waals surface area contributed by atoms with Crippen molar-refractivity contribution in [3.05, 3.63) is 64.1 Å². The fourth-order valence-corrected chi connectivity index (χ4v) is 4.43. The largest absolute Gasteiger partial charge is 0.446 e. The summed E-state index contributed by atoms with van der Waals surface area (Å²) < 4.78 is 44.8. The minimum absolute atomic E-state index is 0.0290. The normalized spacial score (nSPS) is 16.6. The lowest BCUT2D eigenvalue weighted by molar-refractivity contribution is -0.0328. The van der Waals surface area contributed by atoms with Gasteiger partial charge in [-0.3, -0.25) is 4.79 Å². The Morgan fingerprint density at radius 2 is 1.86 bits per heavy atom. The zero-order valence-electron chi connectivity index (χ0n) is 14.9. The predicted molar refractivity (Wildman–Crippen MR) is 107 cm³/mol. The molecule has 3 rings (SSSR count). The van der Waals surface area contributed by atoms with Crippen LogP contribution in [0.1, 0.15) is 28.8 Å². The fourth-order valence-electron chi connectivity index (χ4n) is 3.36. The highest BCUT2D eigenvalue weighted by Crippen LogP contribution is 2.39. The fraction of sp³-hybridized carbons (Fsp3) is 0.350. The van der Waals surface area contributed by atoms with E-state index in [1.807, 2.05) is 24.3 Å². The van der Waals surface area contributed by atoms with Gasteiger partial charge in [0, 0.05) is 34.5 Å². The molecule has 1 aliphatic heterocycles. The number of halogens is 4. The first-order chi connectivity index (χ1) is 13.3. The number of benzene rings is 2. The monoisotopic (exact) mass is 473 g/mol. The molecule has 150 valence electrons. The molecular weight excluding hydrogens is 455 g/mol. The summed E-state index contributed by atoms with van der Waals surface area (Å²) in [5, 5.41) is 2.86. The van der Waals surface area contributed by atoms with Gasteiger partial charge in [-0.2, -0.15) is 13.2 Å². The van der Waals surface area contributed by atoms with E-state index in [0.29, 0.717) is 19.8 Å². The highest BCUT2D eigenvalue weighted by molar-refractivity contribution is 9.10. The summed E-state index contributed by atoms with van der Waals surface area (Å²) >= 11 is 3.21. The van der Waals surface area contributed by atoms with Gasteiger partial charge in [-0.25, -0.2) is 0 Å².